The standard InChI is InChI=1S/C18H24N2S/c1-4-15-9-10-16(20-12-15)11-17(19-3)13-21-18-8-6-5-7-14(18)2/h5-10,12,17,19H,4,11,13H2,1-3H3. The van der Waals surface area contributed by atoms with E-state index in [9.17, 15) is 0 Å². The summed E-state index contributed by atoms with van der Waals surface area (Å²) in [6, 6.07) is 13.3. The van der Waals surface area contributed by atoms with Gasteiger partial charge in [-0.15, -0.1) is 11.8 Å². The summed E-state index contributed by atoms with van der Waals surface area (Å²) in [4.78, 5) is 5.93. The predicted octanol–water partition coefficient (Wildman–Crippen LogP) is 3.88. The number of aromatic nitrogens is 1. The van der Waals surface area contributed by atoms with Gasteiger partial charge < -0.3 is 5.32 Å². The van der Waals surface area contributed by atoms with Crippen LogP contribution in [0.5, 0.6) is 0 Å². The highest BCUT2D eigenvalue weighted by Crippen LogP contribution is 2.23. The van der Waals surface area contributed by atoms with Crippen molar-refractivity contribution in [2.24, 2.45) is 0 Å². The molecule has 1 N–H and O–H groups in total. The predicted molar refractivity (Wildman–Crippen MR) is 92.1 cm³/mol. The first kappa shape index (κ1) is 16.1. The number of thioether (sulfide) groups is 1. The fourth-order valence-electron chi connectivity index (χ4n) is 2.19. The van der Waals surface area contributed by atoms with E-state index in [2.05, 4.69) is 60.5 Å². The van der Waals surface area contributed by atoms with Gasteiger partial charge in [0.1, 0.15) is 0 Å². The van der Waals surface area contributed by atoms with Gasteiger partial charge in [-0.1, -0.05) is 31.2 Å². The van der Waals surface area contributed by atoms with Crippen molar-refractivity contribution in [3.63, 3.8) is 0 Å². The smallest absolute Gasteiger partial charge is 0.0419 e. The van der Waals surface area contributed by atoms with Crippen molar-refractivity contribution in [1.29, 1.82) is 0 Å². The monoisotopic (exact) mass is 300 g/mol. The van der Waals surface area contributed by atoms with Crippen molar-refractivity contribution in [3.05, 3.63) is 59.4 Å². The molecule has 0 aliphatic heterocycles. The van der Waals surface area contributed by atoms with Crippen molar-refractivity contribution in [2.45, 2.75) is 37.6 Å². The van der Waals surface area contributed by atoms with E-state index in [1.165, 1.54) is 16.0 Å². The molecule has 0 fully saturated rings. The third-order valence-electron chi connectivity index (χ3n) is 3.69. The molecule has 1 unspecified atom stereocenters. The van der Waals surface area contributed by atoms with E-state index in [1.54, 1.807) is 0 Å². The number of pyridine rings is 1. The van der Waals surface area contributed by atoms with E-state index in [4.69, 9.17) is 0 Å². The Morgan fingerprint density at radius 1 is 1.19 bits per heavy atom. The Morgan fingerprint density at radius 3 is 2.62 bits per heavy atom. The second kappa shape index (κ2) is 8.20. The number of hydrogen-bond donors (Lipinski definition) is 1. The second-order valence-electron chi connectivity index (χ2n) is 5.28. The molecular formula is C18H24N2S. The van der Waals surface area contributed by atoms with Crippen molar-refractivity contribution < 1.29 is 0 Å². The maximum Gasteiger partial charge on any atom is 0.0419 e. The van der Waals surface area contributed by atoms with Crippen LogP contribution in [0.3, 0.4) is 0 Å². The van der Waals surface area contributed by atoms with E-state index in [1.807, 2.05) is 25.0 Å². The lowest BCUT2D eigenvalue weighted by Gasteiger charge is -2.16. The average molecular weight is 300 g/mol. The maximum atomic E-state index is 4.56. The second-order valence-corrected chi connectivity index (χ2v) is 6.34. The van der Waals surface area contributed by atoms with Crippen LogP contribution in [-0.2, 0) is 12.8 Å². The molecule has 1 aromatic carbocycles. The minimum Gasteiger partial charge on any atom is -0.316 e. The summed E-state index contributed by atoms with van der Waals surface area (Å²) in [7, 11) is 2.03. The first-order chi connectivity index (χ1) is 10.2. The summed E-state index contributed by atoms with van der Waals surface area (Å²) >= 11 is 1.92. The SMILES string of the molecule is CCc1ccc(CC(CSc2ccccc2C)NC)nc1. The molecular weight excluding hydrogens is 276 g/mol. The molecule has 3 heteroatoms. The van der Waals surface area contributed by atoms with Gasteiger partial charge >= 0.3 is 0 Å². The normalized spacial score (nSPS) is 12.3. The molecule has 2 nitrogen and oxygen atoms in total. The Balaban J connectivity index is 1.92. The lowest BCUT2D eigenvalue weighted by atomic mass is 10.1. The summed E-state index contributed by atoms with van der Waals surface area (Å²) < 4.78 is 0. The van der Waals surface area contributed by atoms with E-state index >= 15 is 0 Å². The fraction of sp³-hybridized carbons (Fsp3) is 0.389. The van der Waals surface area contributed by atoms with Crippen LogP contribution in [0.2, 0.25) is 0 Å². The molecule has 1 aromatic heterocycles. The Morgan fingerprint density at radius 2 is 2.00 bits per heavy atom. The molecule has 0 saturated heterocycles. The van der Waals surface area contributed by atoms with Gasteiger partial charge in [0.15, 0.2) is 0 Å². The van der Waals surface area contributed by atoms with Crippen molar-refractivity contribution in [3.8, 4) is 0 Å². The molecule has 2 rings (SSSR count). The maximum absolute atomic E-state index is 4.56. The molecule has 2 aromatic rings. The highest BCUT2D eigenvalue weighted by atomic mass is 32.2. The molecule has 21 heavy (non-hydrogen) atoms. The first-order valence-corrected chi connectivity index (χ1v) is 8.51. The Kier molecular flexibility index (Phi) is 6.27. The summed E-state index contributed by atoms with van der Waals surface area (Å²) in [6.07, 6.45) is 4.02. The molecule has 0 bridgehead atoms. The number of nitrogens with one attached hydrogen (secondary N) is 1. The van der Waals surface area contributed by atoms with Crippen LogP contribution in [0.1, 0.15) is 23.7 Å². The van der Waals surface area contributed by atoms with E-state index in [0.717, 1.165) is 24.3 Å². The fourth-order valence-corrected chi connectivity index (χ4v) is 3.33. The molecule has 112 valence electrons. The Hall–Kier alpha value is -1.32. The number of rotatable bonds is 7. The van der Waals surface area contributed by atoms with Crippen LogP contribution in [0.25, 0.3) is 0 Å². The first-order valence-electron chi connectivity index (χ1n) is 7.52. The molecule has 0 saturated carbocycles. The van der Waals surface area contributed by atoms with Crippen LogP contribution in [0.4, 0.5) is 0 Å². The topological polar surface area (TPSA) is 24.9 Å². The highest BCUT2D eigenvalue weighted by molar-refractivity contribution is 7.99. The third-order valence-corrected chi connectivity index (χ3v) is 5.03. The van der Waals surface area contributed by atoms with Gasteiger partial charge in [-0.2, -0.15) is 0 Å². The van der Waals surface area contributed by atoms with Gasteiger partial charge in [0.05, 0.1) is 0 Å². The molecule has 1 heterocycles. The number of likely N-dealkylation sites (N-methyl/N-ethyl adjacent to an activating group) is 1. The molecule has 0 amide bonds. The molecule has 0 spiro atoms. The quantitative estimate of drug-likeness (QED) is 0.786. The van der Waals surface area contributed by atoms with Crippen LogP contribution < -0.4 is 5.32 Å². The van der Waals surface area contributed by atoms with Gasteiger partial charge in [-0.05, 0) is 43.7 Å². The summed E-state index contributed by atoms with van der Waals surface area (Å²) in [5, 5.41) is 3.41. The number of hydrogen-bond acceptors (Lipinski definition) is 3. The zero-order valence-electron chi connectivity index (χ0n) is 13.1. The zero-order valence-corrected chi connectivity index (χ0v) is 13.9. The minimum absolute atomic E-state index is 0.439. The van der Waals surface area contributed by atoms with E-state index in [0.29, 0.717) is 6.04 Å². The van der Waals surface area contributed by atoms with Crippen LogP contribution in [-0.4, -0.2) is 23.8 Å². The molecule has 0 aliphatic rings. The average Bonchev–Trinajstić information content (AvgIpc) is 2.53. The summed E-state index contributed by atoms with van der Waals surface area (Å²) in [6.45, 7) is 4.33. The van der Waals surface area contributed by atoms with Crippen LogP contribution in [0, 0.1) is 6.92 Å². The lowest BCUT2D eigenvalue weighted by Crippen LogP contribution is -2.30. The number of benzene rings is 1. The van der Waals surface area contributed by atoms with Gasteiger partial charge in [0.2, 0.25) is 0 Å². The molecule has 0 radical (unpaired) electrons. The summed E-state index contributed by atoms with van der Waals surface area (Å²) in [5.41, 5.74) is 3.81. The van der Waals surface area contributed by atoms with Crippen molar-refractivity contribution in [1.82, 2.24) is 10.3 Å². The van der Waals surface area contributed by atoms with Gasteiger partial charge in [-0.25, -0.2) is 0 Å². The van der Waals surface area contributed by atoms with Crippen LogP contribution in [0.15, 0.2) is 47.5 Å². The number of aryl methyl sites for hydroxylation is 2. The lowest BCUT2D eigenvalue weighted by molar-refractivity contribution is 0.608. The summed E-state index contributed by atoms with van der Waals surface area (Å²) in [5.74, 6) is 1.05. The highest BCUT2D eigenvalue weighted by Gasteiger charge is 2.10. The van der Waals surface area contributed by atoms with E-state index < -0.39 is 0 Å². The Labute approximate surface area is 132 Å². The minimum atomic E-state index is 0.439. The van der Waals surface area contributed by atoms with Gasteiger partial charge in [0, 0.05) is 35.0 Å². The van der Waals surface area contributed by atoms with Crippen molar-refractivity contribution in [2.75, 3.05) is 12.8 Å². The third kappa shape index (κ3) is 4.87. The zero-order chi connectivity index (χ0) is 15.1. The largest absolute Gasteiger partial charge is 0.316 e. The number of nitrogens with zero attached hydrogens (tertiary/aromatic N) is 1. The van der Waals surface area contributed by atoms with Crippen LogP contribution >= 0.6 is 11.8 Å². The Bertz CT molecular complexity index is 551. The molecule has 1 atom stereocenters. The van der Waals surface area contributed by atoms with E-state index in [-0.39, 0.29) is 0 Å². The van der Waals surface area contributed by atoms with Gasteiger partial charge in [-0.3, -0.25) is 4.98 Å². The van der Waals surface area contributed by atoms with Gasteiger partial charge in [0.25, 0.3) is 0 Å². The molecule has 0 aliphatic carbocycles. The van der Waals surface area contributed by atoms with Crippen molar-refractivity contribution >= 4 is 11.8 Å².